The molecule has 1 unspecified atom stereocenters. The van der Waals surface area contributed by atoms with Crippen LogP contribution in [0.3, 0.4) is 0 Å². The first-order valence-electron chi connectivity index (χ1n) is 5.47. The van der Waals surface area contributed by atoms with Crippen molar-refractivity contribution in [2.45, 2.75) is 26.2 Å². The SMILES string of the molecule is C=CC(=O)OCCCCCOCC(C)C#N. The second kappa shape index (κ2) is 10.2. The first kappa shape index (κ1) is 14.7. The van der Waals surface area contributed by atoms with Crippen molar-refractivity contribution < 1.29 is 14.3 Å². The van der Waals surface area contributed by atoms with E-state index < -0.39 is 0 Å². The number of carbonyl (C=O) groups excluding carboxylic acids is 1. The molecule has 90 valence electrons. The lowest BCUT2D eigenvalue weighted by Crippen LogP contribution is -2.05. The van der Waals surface area contributed by atoms with E-state index >= 15 is 0 Å². The van der Waals surface area contributed by atoms with E-state index in [1.54, 1.807) is 0 Å². The van der Waals surface area contributed by atoms with Gasteiger partial charge in [-0.25, -0.2) is 4.79 Å². The van der Waals surface area contributed by atoms with E-state index in [-0.39, 0.29) is 11.9 Å². The number of rotatable bonds is 9. The summed E-state index contributed by atoms with van der Waals surface area (Å²) in [5, 5.41) is 8.50. The second-order valence-corrected chi connectivity index (χ2v) is 3.54. The first-order valence-corrected chi connectivity index (χ1v) is 5.47. The van der Waals surface area contributed by atoms with E-state index in [1.165, 1.54) is 0 Å². The number of nitriles is 1. The Morgan fingerprint density at radius 3 is 2.75 bits per heavy atom. The van der Waals surface area contributed by atoms with Crippen LogP contribution in [0.2, 0.25) is 0 Å². The van der Waals surface area contributed by atoms with Gasteiger partial charge in [0.05, 0.1) is 25.2 Å². The molecule has 0 aliphatic heterocycles. The first-order chi connectivity index (χ1) is 7.70. The standard InChI is InChI=1S/C12H19NO3/c1-3-12(14)16-8-6-4-5-7-15-10-11(2)9-13/h3,11H,1,4-8,10H2,2H3. The van der Waals surface area contributed by atoms with Crippen molar-refractivity contribution >= 4 is 5.97 Å². The fraction of sp³-hybridized carbons (Fsp3) is 0.667. The molecule has 0 N–H and O–H groups in total. The van der Waals surface area contributed by atoms with Crippen LogP contribution in [0.25, 0.3) is 0 Å². The van der Waals surface area contributed by atoms with Gasteiger partial charge in [-0.05, 0) is 26.2 Å². The highest BCUT2D eigenvalue weighted by molar-refractivity contribution is 5.81. The summed E-state index contributed by atoms with van der Waals surface area (Å²) in [7, 11) is 0. The lowest BCUT2D eigenvalue weighted by molar-refractivity contribution is -0.137. The summed E-state index contributed by atoms with van der Waals surface area (Å²) < 4.78 is 10.1. The molecule has 0 heterocycles. The van der Waals surface area contributed by atoms with Gasteiger partial charge in [0.1, 0.15) is 0 Å². The molecule has 0 aliphatic rings. The van der Waals surface area contributed by atoms with Crippen molar-refractivity contribution in [2.24, 2.45) is 5.92 Å². The molecule has 0 saturated carbocycles. The van der Waals surface area contributed by atoms with Crippen LogP contribution in [0.5, 0.6) is 0 Å². The smallest absolute Gasteiger partial charge is 0.330 e. The minimum Gasteiger partial charge on any atom is -0.463 e. The monoisotopic (exact) mass is 225 g/mol. The van der Waals surface area contributed by atoms with Crippen LogP contribution >= 0.6 is 0 Å². The quantitative estimate of drug-likeness (QED) is 0.342. The predicted molar refractivity (Wildman–Crippen MR) is 60.6 cm³/mol. The molecular formula is C12H19NO3. The van der Waals surface area contributed by atoms with Gasteiger partial charge in [-0.15, -0.1) is 0 Å². The molecule has 0 aromatic rings. The van der Waals surface area contributed by atoms with E-state index in [2.05, 4.69) is 12.6 Å². The van der Waals surface area contributed by atoms with Crippen molar-refractivity contribution in [1.82, 2.24) is 0 Å². The number of hydrogen-bond donors (Lipinski definition) is 0. The van der Waals surface area contributed by atoms with Gasteiger partial charge < -0.3 is 9.47 Å². The topological polar surface area (TPSA) is 59.3 Å². The average Bonchev–Trinajstić information content (AvgIpc) is 2.31. The molecule has 0 rings (SSSR count). The summed E-state index contributed by atoms with van der Waals surface area (Å²) in [6.45, 7) is 6.70. The van der Waals surface area contributed by atoms with Gasteiger partial charge in [0.2, 0.25) is 0 Å². The number of ether oxygens (including phenoxy) is 2. The molecule has 0 saturated heterocycles. The fourth-order valence-corrected chi connectivity index (χ4v) is 1.01. The Bertz CT molecular complexity index is 245. The van der Waals surface area contributed by atoms with Gasteiger partial charge in [0.15, 0.2) is 0 Å². The van der Waals surface area contributed by atoms with Gasteiger partial charge in [-0.1, -0.05) is 6.58 Å². The van der Waals surface area contributed by atoms with Crippen LogP contribution < -0.4 is 0 Å². The van der Waals surface area contributed by atoms with Gasteiger partial charge in [-0.3, -0.25) is 0 Å². The van der Waals surface area contributed by atoms with Gasteiger partial charge in [0.25, 0.3) is 0 Å². The van der Waals surface area contributed by atoms with E-state index in [9.17, 15) is 4.79 Å². The number of unbranched alkanes of at least 4 members (excludes halogenated alkanes) is 2. The molecule has 4 heteroatoms. The molecule has 1 atom stereocenters. The second-order valence-electron chi connectivity index (χ2n) is 3.54. The predicted octanol–water partition coefficient (Wildman–Crippen LogP) is 2.06. The van der Waals surface area contributed by atoms with E-state index in [0.717, 1.165) is 25.3 Å². The van der Waals surface area contributed by atoms with Crippen molar-refractivity contribution in [3.63, 3.8) is 0 Å². The van der Waals surface area contributed by atoms with Crippen LogP contribution in [0.1, 0.15) is 26.2 Å². The van der Waals surface area contributed by atoms with Crippen molar-refractivity contribution in [1.29, 1.82) is 5.26 Å². The highest BCUT2D eigenvalue weighted by Crippen LogP contribution is 1.99. The van der Waals surface area contributed by atoms with Crippen LogP contribution in [-0.4, -0.2) is 25.8 Å². The molecule has 16 heavy (non-hydrogen) atoms. The summed E-state index contributed by atoms with van der Waals surface area (Å²) in [6.07, 6.45) is 3.86. The Labute approximate surface area is 96.8 Å². The van der Waals surface area contributed by atoms with E-state index in [4.69, 9.17) is 14.7 Å². The van der Waals surface area contributed by atoms with Crippen LogP contribution in [0.15, 0.2) is 12.7 Å². The maximum absolute atomic E-state index is 10.7. The summed E-state index contributed by atoms with van der Waals surface area (Å²) in [4.78, 5) is 10.7. The molecule has 0 amide bonds. The fourth-order valence-electron chi connectivity index (χ4n) is 1.01. The third-order valence-electron chi connectivity index (χ3n) is 1.93. The molecule has 4 nitrogen and oxygen atoms in total. The lowest BCUT2D eigenvalue weighted by Gasteiger charge is -2.05. The number of esters is 1. The summed E-state index contributed by atoms with van der Waals surface area (Å²) in [6, 6.07) is 2.10. The largest absolute Gasteiger partial charge is 0.463 e. The van der Waals surface area contributed by atoms with Crippen molar-refractivity contribution in [3.05, 3.63) is 12.7 Å². The van der Waals surface area contributed by atoms with Crippen molar-refractivity contribution in [2.75, 3.05) is 19.8 Å². The van der Waals surface area contributed by atoms with Gasteiger partial charge in [-0.2, -0.15) is 5.26 Å². The van der Waals surface area contributed by atoms with E-state index in [1.807, 2.05) is 6.92 Å². The summed E-state index contributed by atoms with van der Waals surface area (Å²) >= 11 is 0. The van der Waals surface area contributed by atoms with E-state index in [0.29, 0.717) is 19.8 Å². The number of nitrogens with zero attached hydrogens (tertiary/aromatic N) is 1. The van der Waals surface area contributed by atoms with Crippen molar-refractivity contribution in [3.8, 4) is 6.07 Å². The minimum absolute atomic E-state index is 0.0476. The zero-order valence-corrected chi connectivity index (χ0v) is 9.78. The minimum atomic E-state index is -0.376. The average molecular weight is 225 g/mol. The highest BCUT2D eigenvalue weighted by atomic mass is 16.5. The number of hydrogen-bond acceptors (Lipinski definition) is 4. The third kappa shape index (κ3) is 9.22. The molecule has 0 bridgehead atoms. The Morgan fingerprint density at radius 2 is 2.12 bits per heavy atom. The maximum Gasteiger partial charge on any atom is 0.330 e. The molecule has 0 spiro atoms. The molecule has 0 aliphatic carbocycles. The zero-order valence-electron chi connectivity index (χ0n) is 9.78. The molecular weight excluding hydrogens is 206 g/mol. The third-order valence-corrected chi connectivity index (χ3v) is 1.93. The molecule has 0 radical (unpaired) electrons. The Morgan fingerprint density at radius 1 is 1.44 bits per heavy atom. The molecule has 0 fully saturated rings. The Hall–Kier alpha value is -1.34. The van der Waals surface area contributed by atoms with Crippen LogP contribution in [0, 0.1) is 17.2 Å². The Kier molecular flexibility index (Phi) is 9.33. The van der Waals surface area contributed by atoms with Gasteiger partial charge in [0, 0.05) is 12.7 Å². The molecule has 0 aromatic heterocycles. The highest BCUT2D eigenvalue weighted by Gasteiger charge is 1.99. The van der Waals surface area contributed by atoms with Crippen LogP contribution in [0.4, 0.5) is 0 Å². The lowest BCUT2D eigenvalue weighted by atomic mass is 10.2. The Balaban J connectivity index is 3.13. The maximum atomic E-state index is 10.7. The summed E-state index contributed by atoms with van der Waals surface area (Å²) in [5.74, 6) is -0.423. The normalized spacial score (nSPS) is 11.5. The summed E-state index contributed by atoms with van der Waals surface area (Å²) in [5.41, 5.74) is 0. The number of carbonyl (C=O) groups is 1. The zero-order chi connectivity index (χ0) is 12.2. The van der Waals surface area contributed by atoms with Crippen LogP contribution in [-0.2, 0) is 14.3 Å². The molecule has 0 aromatic carbocycles. The van der Waals surface area contributed by atoms with Gasteiger partial charge >= 0.3 is 5.97 Å².